The molecule has 1 fully saturated rings. The van der Waals surface area contributed by atoms with Crippen molar-refractivity contribution in [1.29, 1.82) is 0 Å². The molecule has 0 saturated carbocycles. The molecule has 1 aromatic rings. The van der Waals surface area contributed by atoms with Crippen LogP contribution >= 0.6 is 0 Å². The van der Waals surface area contributed by atoms with E-state index in [0.717, 1.165) is 19.5 Å². The molecule has 2 N–H and O–H groups in total. The number of aromatic nitrogens is 2. The molecule has 1 aromatic heterocycles. The summed E-state index contributed by atoms with van der Waals surface area (Å²) in [7, 11) is 1.97. The van der Waals surface area contributed by atoms with E-state index in [2.05, 4.69) is 37.0 Å². The van der Waals surface area contributed by atoms with E-state index in [-0.39, 0.29) is 6.04 Å². The van der Waals surface area contributed by atoms with Gasteiger partial charge in [-0.2, -0.15) is 5.10 Å². The van der Waals surface area contributed by atoms with Crippen LogP contribution in [0.2, 0.25) is 0 Å². The first kappa shape index (κ1) is 14.5. The topological polar surface area (TPSA) is 47.1 Å². The largest absolute Gasteiger partial charge is 0.326 e. The average Bonchev–Trinajstić information content (AvgIpc) is 2.78. The van der Waals surface area contributed by atoms with E-state index in [0.29, 0.717) is 11.5 Å². The lowest BCUT2D eigenvalue weighted by molar-refractivity contribution is 0.0809. The maximum atomic E-state index is 6.38. The van der Waals surface area contributed by atoms with Gasteiger partial charge in [0, 0.05) is 24.8 Å². The Bertz CT molecular complexity index is 400. The highest BCUT2D eigenvalue weighted by atomic mass is 15.3. The van der Waals surface area contributed by atoms with Crippen LogP contribution in [0.4, 0.5) is 0 Å². The van der Waals surface area contributed by atoms with Gasteiger partial charge in [0.2, 0.25) is 0 Å². The van der Waals surface area contributed by atoms with Crippen LogP contribution < -0.4 is 5.73 Å². The molecule has 19 heavy (non-hydrogen) atoms. The van der Waals surface area contributed by atoms with Crippen molar-refractivity contribution in [2.24, 2.45) is 18.2 Å². The molecule has 1 saturated heterocycles. The Balaban J connectivity index is 2.15. The molecular weight excluding hydrogens is 236 g/mol. The molecule has 2 unspecified atom stereocenters. The zero-order chi connectivity index (χ0) is 14.0. The van der Waals surface area contributed by atoms with Gasteiger partial charge in [-0.05, 0) is 37.8 Å². The summed E-state index contributed by atoms with van der Waals surface area (Å²) in [6, 6.07) is 0.500. The van der Waals surface area contributed by atoms with Crippen molar-refractivity contribution in [2.45, 2.75) is 52.1 Å². The average molecular weight is 264 g/mol. The van der Waals surface area contributed by atoms with Crippen molar-refractivity contribution in [3.8, 4) is 0 Å². The molecule has 0 amide bonds. The van der Waals surface area contributed by atoms with Crippen LogP contribution in [0.25, 0.3) is 0 Å². The Morgan fingerprint density at radius 1 is 1.37 bits per heavy atom. The van der Waals surface area contributed by atoms with Gasteiger partial charge in [0.25, 0.3) is 0 Å². The third-order valence-electron chi connectivity index (χ3n) is 4.49. The van der Waals surface area contributed by atoms with E-state index >= 15 is 0 Å². The number of rotatable bonds is 4. The Morgan fingerprint density at radius 3 is 2.47 bits per heavy atom. The summed E-state index contributed by atoms with van der Waals surface area (Å²) in [4.78, 5) is 2.55. The van der Waals surface area contributed by atoms with Crippen LogP contribution in [0, 0.1) is 5.41 Å². The summed E-state index contributed by atoms with van der Waals surface area (Å²) >= 11 is 0. The van der Waals surface area contributed by atoms with E-state index in [9.17, 15) is 0 Å². The van der Waals surface area contributed by atoms with Crippen molar-refractivity contribution in [3.05, 3.63) is 18.0 Å². The standard InChI is InChI=1S/C15H28N4/c1-5-13(16)14(12-10-17-18(4)11-12)19-8-6-15(2,3)7-9-19/h10-11,13-14H,5-9,16H2,1-4H3. The summed E-state index contributed by atoms with van der Waals surface area (Å²) in [6.45, 7) is 9.18. The van der Waals surface area contributed by atoms with Gasteiger partial charge in [0.1, 0.15) is 0 Å². The molecule has 0 bridgehead atoms. The van der Waals surface area contributed by atoms with Gasteiger partial charge in [-0.25, -0.2) is 0 Å². The lowest BCUT2D eigenvalue weighted by Crippen LogP contribution is -2.46. The van der Waals surface area contributed by atoms with Gasteiger partial charge < -0.3 is 5.73 Å². The predicted octanol–water partition coefficient (Wildman–Crippen LogP) is 2.32. The van der Waals surface area contributed by atoms with Gasteiger partial charge in [0.15, 0.2) is 0 Å². The summed E-state index contributed by atoms with van der Waals surface area (Å²) in [6.07, 6.45) is 7.58. The van der Waals surface area contributed by atoms with E-state index in [4.69, 9.17) is 5.73 Å². The number of nitrogens with two attached hydrogens (primary N) is 1. The highest BCUT2D eigenvalue weighted by Gasteiger charge is 2.32. The quantitative estimate of drug-likeness (QED) is 0.908. The highest BCUT2D eigenvalue weighted by molar-refractivity contribution is 5.14. The number of nitrogens with zero attached hydrogens (tertiary/aromatic N) is 3. The monoisotopic (exact) mass is 264 g/mol. The van der Waals surface area contributed by atoms with Gasteiger partial charge >= 0.3 is 0 Å². The number of likely N-dealkylation sites (tertiary alicyclic amines) is 1. The van der Waals surface area contributed by atoms with Gasteiger partial charge in [-0.15, -0.1) is 0 Å². The number of hydrogen-bond acceptors (Lipinski definition) is 3. The molecule has 108 valence electrons. The second kappa shape index (κ2) is 5.63. The molecule has 0 radical (unpaired) electrons. The molecule has 0 aromatic carbocycles. The van der Waals surface area contributed by atoms with Crippen molar-refractivity contribution >= 4 is 0 Å². The number of piperidine rings is 1. The summed E-state index contributed by atoms with van der Waals surface area (Å²) in [5, 5.41) is 4.31. The number of hydrogen-bond donors (Lipinski definition) is 1. The fourth-order valence-corrected chi connectivity index (χ4v) is 2.95. The third kappa shape index (κ3) is 3.37. The molecule has 4 heteroatoms. The smallest absolute Gasteiger partial charge is 0.0538 e. The lowest BCUT2D eigenvalue weighted by Gasteiger charge is -2.42. The maximum Gasteiger partial charge on any atom is 0.0538 e. The molecule has 2 rings (SSSR count). The van der Waals surface area contributed by atoms with Gasteiger partial charge in [-0.3, -0.25) is 9.58 Å². The van der Waals surface area contributed by atoms with Crippen LogP contribution in [-0.2, 0) is 7.05 Å². The second-order valence-corrected chi connectivity index (χ2v) is 6.66. The van der Waals surface area contributed by atoms with Gasteiger partial charge in [0.05, 0.1) is 12.2 Å². The third-order valence-corrected chi connectivity index (χ3v) is 4.49. The molecule has 0 spiro atoms. The minimum atomic E-state index is 0.186. The fraction of sp³-hybridized carbons (Fsp3) is 0.800. The maximum absolute atomic E-state index is 6.38. The van der Waals surface area contributed by atoms with E-state index in [1.165, 1.54) is 18.4 Å². The molecule has 0 aliphatic carbocycles. The Labute approximate surface area is 117 Å². The first-order valence-electron chi connectivity index (χ1n) is 7.41. The predicted molar refractivity (Wildman–Crippen MR) is 78.8 cm³/mol. The Kier molecular flexibility index (Phi) is 4.31. The van der Waals surface area contributed by atoms with Crippen LogP contribution in [-0.4, -0.2) is 33.8 Å². The van der Waals surface area contributed by atoms with E-state index in [1.54, 1.807) is 0 Å². The lowest BCUT2D eigenvalue weighted by atomic mass is 9.81. The molecule has 4 nitrogen and oxygen atoms in total. The Hall–Kier alpha value is -0.870. The molecule has 2 atom stereocenters. The van der Waals surface area contributed by atoms with Crippen molar-refractivity contribution in [1.82, 2.24) is 14.7 Å². The second-order valence-electron chi connectivity index (χ2n) is 6.66. The summed E-state index contributed by atoms with van der Waals surface area (Å²) < 4.78 is 1.87. The molecule has 2 heterocycles. The molecule has 1 aliphatic rings. The zero-order valence-corrected chi connectivity index (χ0v) is 12.8. The normalized spacial score (nSPS) is 23.2. The summed E-state index contributed by atoms with van der Waals surface area (Å²) in [5.41, 5.74) is 8.12. The molecular formula is C15H28N4. The highest BCUT2D eigenvalue weighted by Crippen LogP contribution is 2.35. The Morgan fingerprint density at radius 2 is 2.00 bits per heavy atom. The minimum Gasteiger partial charge on any atom is -0.326 e. The van der Waals surface area contributed by atoms with Crippen LogP contribution in [0.3, 0.4) is 0 Å². The minimum absolute atomic E-state index is 0.186. The van der Waals surface area contributed by atoms with E-state index in [1.807, 2.05) is 17.9 Å². The zero-order valence-electron chi connectivity index (χ0n) is 12.8. The first-order valence-corrected chi connectivity index (χ1v) is 7.41. The van der Waals surface area contributed by atoms with Crippen molar-refractivity contribution in [2.75, 3.05) is 13.1 Å². The SMILES string of the molecule is CCC(N)C(c1cnn(C)c1)N1CCC(C)(C)CC1. The van der Waals surface area contributed by atoms with Crippen LogP contribution in [0.1, 0.15) is 51.6 Å². The van der Waals surface area contributed by atoms with Crippen molar-refractivity contribution in [3.63, 3.8) is 0 Å². The molecule has 1 aliphatic heterocycles. The van der Waals surface area contributed by atoms with E-state index < -0.39 is 0 Å². The van der Waals surface area contributed by atoms with Crippen LogP contribution in [0.5, 0.6) is 0 Å². The van der Waals surface area contributed by atoms with Gasteiger partial charge in [-0.1, -0.05) is 20.8 Å². The first-order chi connectivity index (χ1) is 8.93. The fourth-order valence-electron chi connectivity index (χ4n) is 2.95. The number of aryl methyl sites for hydroxylation is 1. The van der Waals surface area contributed by atoms with Crippen LogP contribution in [0.15, 0.2) is 12.4 Å². The summed E-state index contributed by atoms with van der Waals surface area (Å²) in [5.74, 6) is 0. The van der Waals surface area contributed by atoms with Crippen molar-refractivity contribution < 1.29 is 0 Å².